The average Bonchev–Trinajstić information content (AvgIpc) is 2.74. The third kappa shape index (κ3) is 6.84. The fourth-order valence-corrected chi connectivity index (χ4v) is 4.15. The smallest absolute Gasteiger partial charge is 0.319 e. The van der Waals surface area contributed by atoms with Crippen LogP contribution in [0.5, 0.6) is 0 Å². The molecule has 30 heavy (non-hydrogen) atoms. The summed E-state index contributed by atoms with van der Waals surface area (Å²) >= 11 is 0. The summed E-state index contributed by atoms with van der Waals surface area (Å²) in [6, 6.07) is 14.7. The zero-order valence-electron chi connectivity index (χ0n) is 18.2. The number of hydrogen-bond donors (Lipinski definition) is 2. The lowest BCUT2D eigenvalue weighted by atomic mass is 9.90. The van der Waals surface area contributed by atoms with Crippen molar-refractivity contribution in [1.29, 1.82) is 0 Å². The van der Waals surface area contributed by atoms with Gasteiger partial charge < -0.3 is 15.5 Å². The number of nitrogens with one attached hydrogen (secondary N) is 2. The van der Waals surface area contributed by atoms with E-state index in [0.717, 1.165) is 43.7 Å². The second-order valence-electron chi connectivity index (χ2n) is 8.59. The van der Waals surface area contributed by atoms with Gasteiger partial charge in [0.25, 0.3) is 0 Å². The van der Waals surface area contributed by atoms with Crippen molar-refractivity contribution in [2.24, 2.45) is 5.92 Å². The Morgan fingerprint density at radius 1 is 1.10 bits per heavy atom. The maximum atomic E-state index is 13.0. The number of para-hydroxylation sites is 1. The molecule has 0 radical (unpaired) electrons. The van der Waals surface area contributed by atoms with Gasteiger partial charge in [0, 0.05) is 12.2 Å². The summed E-state index contributed by atoms with van der Waals surface area (Å²) in [4.78, 5) is 14.7. The van der Waals surface area contributed by atoms with Gasteiger partial charge in [0.2, 0.25) is 0 Å². The molecule has 5 heteroatoms. The van der Waals surface area contributed by atoms with Crippen LogP contribution in [-0.4, -0.2) is 37.1 Å². The van der Waals surface area contributed by atoms with Crippen molar-refractivity contribution in [1.82, 2.24) is 10.2 Å². The molecule has 3 rings (SSSR count). The van der Waals surface area contributed by atoms with Gasteiger partial charge in [-0.2, -0.15) is 0 Å². The Labute approximate surface area is 179 Å². The van der Waals surface area contributed by atoms with Crippen LogP contribution in [0.2, 0.25) is 0 Å². The van der Waals surface area contributed by atoms with E-state index in [4.69, 9.17) is 0 Å². The lowest BCUT2D eigenvalue weighted by molar-refractivity contribution is 0.182. The summed E-state index contributed by atoms with van der Waals surface area (Å²) in [5, 5.41) is 5.95. The van der Waals surface area contributed by atoms with E-state index in [0.29, 0.717) is 18.4 Å². The minimum atomic E-state index is -0.167. The second kappa shape index (κ2) is 11.1. The summed E-state index contributed by atoms with van der Waals surface area (Å²) in [5.74, 6) is 0.879. The van der Waals surface area contributed by atoms with Crippen molar-refractivity contribution in [2.75, 3.05) is 31.5 Å². The largest absolute Gasteiger partial charge is 0.338 e. The first-order chi connectivity index (χ1) is 14.5. The molecule has 162 valence electrons. The molecule has 0 atom stereocenters. The van der Waals surface area contributed by atoms with E-state index in [1.165, 1.54) is 18.4 Å². The number of anilines is 1. The van der Waals surface area contributed by atoms with Crippen LogP contribution in [0.1, 0.15) is 50.2 Å². The molecule has 0 spiro atoms. The van der Waals surface area contributed by atoms with Crippen LogP contribution in [0, 0.1) is 11.7 Å². The number of benzene rings is 2. The van der Waals surface area contributed by atoms with Crippen LogP contribution < -0.4 is 10.6 Å². The van der Waals surface area contributed by atoms with Gasteiger partial charge in [-0.3, -0.25) is 0 Å². The summed E-state index contributed by atoms with van der Waals surface area (Å²) < 4.78 is 13.0. The van der Waals surface area contributed by atoms with Crippen LogP contribution in [0.15, 0.2) is 48.5 Å². The Morgan fingerprint density at radius 2 is 1.80 bits per heavy atom. The molecule has 0 saturated carbocycles. The Kier molecular flexibility index (Phi) is 8.26. The maximum absolute atomic E-state index is 13.0. The summed E-state index contributed by atoms with van der Waals surface area (Å²) in [6.45, 7) is 8.12. The molecule has 1 heterocycles. The second-order valence-corrected chi connectivity index (χ2v) is 8.59. The topological polar surface area (TPSA) is 44.4 Å². The van der Waals surface area contributed by atoms with Gasteiger partial charge in [-0.1, -0.05) is 44.2 Å². The monoisotopic (exact) mass is 411 g/mol. The van der Waals surface area contributed by atoms with E-state index in [9.17, 15) is 9.18 Å². The van der Waals surface area contributed by atoms with Gasteiger partial charge in [-0.25, -0.2) is 9.18 Å². The van der Waals surface area contributed by atoms with Crippen LogP contribution >= 0.6 is 0 Å². The van der Waals surface area contributed by atoms with Gasteiger partial charge in [-0.15, -0.1) is 0 Å². The van der Waals surface area contributed by atoms with E-state index < -0.39 is 0 Å². The summed E-state index contributed by atoms with van der Waals surface area (Å²) in [7, 11) is 0. The van der Waals surface area contributed by atoms with E-state index in [2.05, 4.69) is 35.4 Å². The van der Waals surface area contributed by atoms with Crippen molar-refractivity contribution in [3.8, 4) is 0 Å². The number of halogens is 1. The van der Waals surface area contributed by atoms with Crippen molar-refractivity contribution in [3.63, 3.8) is 0 Å². The highest BCUT2D eigenvalue weighted by Gasteiger charge is 2.19. The lowest BCUT2D eigenvalue weighted by Gasteiger charge is -2.32. The number of nitrogens with zero attached hydrogens (tertiary/aromatic N) is 1. The predicted octanol–water partition coefficient (Wildman–Crippen LogP) is 5.42. The average molecular weight is 412 g/mol. The number of piperidine rings is 1. The molecule has 2 N–H and O–H groups in total. The fourth-order valence-electron chi connectivity index (χ4n) is 4.15. The molecule has 1 fully saturated rings. The number of rotatable bonds is 8. The number of amides is 2. The van der Waals surface area contributed by atoms with Gasteiger partial charge in [-0.05, 0) is 86.5 Å². The normalized spacial score (nSPS) is 15.3. The molecule has 1 saturated heterocycles. The first-order valence-corrected chi connectivity index (χ1v) is 11.1. The Balaban J connectivity index is 1.31. The first-order valence-electron chi connectivity index (χ1n) is 11.1. The quantitative estimate of drug-likeness (QED) is 0.570. The Hall–Kier alpha value is -2.40. The van der Waals surface area contributed by atoms with E-state index in [1.54, 1.807) is 12.1 Å². The number of likely N-dealkylation sites (tertiary alicyclic amines) is 1. The molecule has 2 aromatic rings. The number of hydrogen-bond acceptors (Lipinski definition) is 2. The molecule has 0 aliphatic carbocycles. The number of urea groups is 1. The van der Waals surface area contributed by atoms with E-state index in [1.807, 2.05) is 30.3 Å². The molecular weight excluding hydrogens is 377 g/mol. The molecule has 1 aliphatic heterocycles. The van der Waals surface area contributed by atoms with Gasteiger partial charge in [0.05, 0.1) is 0 Å². The minimum absolute atomic E-state index is 0.138. The highest BCUT2D eigenvalue weighted by molar-refractivity contribution is 5.90. The van der Waals surface area contributed by atoms with Crippen LogP contribution in [0.3, 0.4) is 0 Å². The molecule has 1 aliphatic rings. The number of carbonyl (C=O) groups is 1. The Bertz CT molecular complexity index is 798. The summed E-state index contributed by atoms with van der Waals surface area (Å²) in [6.07, 6.45) is 4.34. The molecular formula is C25H34FN3O. The molecule has 0 bridgehead atoms. The summed E-state index contributed by atoms with van der Waals surface area (Å²) in [5.41, 5.74) is 3.26. The maximum Gasteiger partial charge on any atom is 0.319 e. The molecule has 4 nitrogen and oxygen atoms in total. The minimum Gasteiger partial charge on any atom is -0.338 e. The van der Waals surface area contributed by atoms with Gasteiger partial charge in [0.1, 0.15) is 5.82 Å². The van der Waals surface area contributed by atoms with Crippen molar-refractivity contribution >= 4 is 11.7 Å². The highest BCUT2D eigenvalue weighted by atomic mass is 19.1. The molecule has 0 aromatic heterocycles. The van der Waals surface area contributed by atoms with Crippen LogP contribution in [0.4, 0.5) is 14.9 Å². The SMILES string of the molecule is CC(C)c1ccccc1NC(=O)NCCCN1CCC(Cc2ccc(F)cc2)CC1. The third-order valence-electron chi connectivity index (χ3n) is 5.91. The van der Waals surface area contributed by atoms with Gasteiger partial charge >= 0.3 is 6.03 Å². The third-order valence-corrected chi connectivity index (χ3v) is 5.91. The van der Waals surface area contributed by atoms with E-state index in [-0.39, 0.29) is 11.8 Å². The first kappa shape index (κ1) is 22.3. The van der Waals surface area contributed by atoms with Crippen molar-refractivity contribution in [2.45, 2.75) is 45.4 Å². The zero-order chi connectivity index (χ0) is 21.3. The van der Waals surface area contributed by atoms with Crippen LogP contribution in [-0.2, 0) is 6.42 Å². The Morgan fingerprint density at radius 3 is 2.50 bits per heavy atom. The number of carbonyl (C=O) groups excluding carboxylic acids is 1. The molecule has 0 unspecified atom stereocenters. The van der Waals surface area contributed by atoms with Crippen molar-refractivity contribution in [3.05, 3.63) is 65.5 Å². The zero-order valence-corrected chi connectivity index (χ0v) is 18.2. The van der Waals surface area contributed by atoms with Crippen molar-refractivity contribution < 1.29 is 9.18 Å². The fraction of sp³-hybridized carbons (Fsp3) is 0.480. The van der Waals surface area contributed by atoms with Crippen LogP contribution in [0.25, 0.3) is 0 Å². The predicted molar refractivity (Wildman–Crippen MR) is 121 cm³/mol. The van der Waals surface area contributed by atoms with E-state index >= 15 is 0 Å². The highest BCUT2D eigenvalue weighted by Crippen LogP contribution is 2.24. The molecule has 2 amide bonds. The lowest BCUT2D eigenvalue weighted by Crippen LogP contribution is -2.37. The van der Waals surface area contributed by atoms with Gasteiger partial charge in [0.15, 0.2) is 0 Å². The molecule has 2 aromatic carbocycles. The standard InChI is InChI=1S/C25H34FN3O/c1-19(2)23-6-3-4-7-24(23)28-25(30)27-14-5-15-29-16-12-21(13-17-29)18-20-8-10-22(26)11-9-20/h3-4,6-11,19,21H,5,12-18H2,1-2H3,(H2,27,28,30).